The number of carbonyl (C=O) groups excluding carboxylic acids is 1. The fraction of sp³-hybridized carbons (Fsp3) is 0.833. The summed E-state index contributed by atoms with van der Waals surface area (Å²) in [5.74, 6) is -1.39. The second-order valence-corrected chi connectivity index (χ2v) is 5.39. The molecule has 0 aliphatic rings. The Labute approximate surface area is 103 Å². The molecule has 4 N–H and O–H groups in total. The first-order valence-corrected chi connectivity index (χ1v) is 5.85. The maximum atomic E-state index is 11.9. The van der Waals surface area contributed by atoms with E-state index in [2.05, 4.69) is 5.32 Å². The zero-order valence-corrected chi connectivity index (χ0v) is 11.3. The number of nitrogens with one attached hydrogen (secondary N) is 1. The van der Waals surface area contributed by atoms with E-state index in [9.17, 15) is 9.59 Å². The van der Waals surface area contributed by atoms with E-state index in [0.717, 1.165) is 0 Å². The summed E-state index contributed by atoms with van der Waals surface area (Å²) in [7, 11) is 0. The normalized spacial score (nSPS) is 14.2. The molecule has 17 heavy (non-hydrogen) atoms. The van der Waals surface area contributed by atoms with Crippen molar-refractivity contribution in [3.8, 4) is 0 Å². The van der Waals surface area contributed by atoms with E-state index in [1.807, 2.05) is 6.92 Å². The molecule has 100 valence electrons. The van der Waals surface area contributed by atoms with Crippen LogP contribution in [-0.4, -0.2) is 29.1 Å². The Bertz CT molecular complexity index is 294. The highest BCUT2D eigenvalue weighted by Gasteiger charge is 2.44. The molecule has 0 aromatic heterocycles. The van der Waals surface area contributed by atoms with Crippen molar-refractivity contribution in [3.63, 3.8) is 0 Å². The monoisotopic (exact) mass is 244 g/mol. The molecule has 0 rings (SSSR count). The Hall–Kier alpha value is -1.10. The smallest absolute Gasteiger partial charge is 0.311 e. The van der Waals surface area contributed by atoms with Crippen molar-refractivity contribution in [2.45, 2.75) is 46.6 Å². The van der Waals surface area contributed by atoms with Gasteiger partial charge in [-0.1, -0.05) is 6.92 Å². The van der Waals surface area contributed by atoms with Gasteiger partial charge < -0.3 is 16.2 Å². The highest BCUT2D eigenvalue weighted by Crippen LogP contribution is 2.31. The number of aliphatic carboxylic acids is 1. The molecule has 0 aromatic rings. The van der Waals surface area contributed by atoms with Crippen LogP contribution in [0.25, 0.3) is 0 Å². The van der Waals surface area contributed by atoms with E-state index in [0.29, 0.717) is 6.42 Å². The number of nitrogens with two attached hydrogens (primary N) is 1. The van der Waals surface area contributed by atoms with Gasteiger partial charge in [-0.3, -0.25) is 9.59 Å². The van der Waals surface area contributed by atoms with E-state index < -0.39 is 16.9 Å². The number of hydrogen-bond acceptors (Lipinski definition) is 3. The van der Waals surface area contributed by atoms with Crippen LogP contribution in [0.2, 0.25) is 0 Å². The lowest BCUT2D eigenvalue weighted by molar-refractivity contribution is -0.152. The minimum atomic E-state index is -1.05. The van der Waals surface area contributed by atoms with Crippen molar-refractivity contribution in [1.82, 2.24) is 5.32 Å². The number of amides is 1. The molecular formula is C12H24N2O3. The van der Waals surface area contributed by atoms with Gasteiger partial charge in [0.25, 0.3) is 0 Å². The summed E-state index contributed by atoms with van der Waals surface area (Å²) in [5.41, 5.74) is 3.61. The van der Waals surface area contributed by atoms with Crippen LogP contribution in [0.3, 0.4) is 0 Å². The molecule has 1 amide bonds. The number of rotatable bonds is 6. The largest absolute Gasteiger partial charge is 0.481 e. The predicted octanol–water partition coefficient (Wildman–Crippen LogP) is 0.977. The Morgan fingerprint density at radius 2 is 1.76 bits per heavy atom. The molecule has 0 saturated carbocycles. The molecule has 0 saturated heterocycles. The molecule has 0 aromatic carbocycles. The van der Waals surface area contributed by atoms with Crippen LogP contribution in [0.1, 0.15) is 41.0 Å². The Kier molecular flexibility index (Phi) is 5.13. The summed E-state index contributed by atoms with van der Waals surface area (Å²) < 4.78 is 0. The fourth-order valence-corrected chi connectivity index (χ4v) is 1.29. The maximum Gasteiger partial charge on any atom is 0.311 e. The zero-order valence-electron chi connectivity index (χ0n) is 11.3. The molecule has 0 heterocycles. The van der Waals surface area contributed by atoms with Crippen LogP contribution in [0.15, 0.2) is 0 Å². The van der Waals surface area contributed by atoms with Crippen molar-refractivity contribution >= 4 is 11.9 Å². The van der Waals surface area contributed by atoms with Gasteiger partial charge in [0.1, 0.15) is 0 Å². The van der Waals surface area contributed by atoms with Gasteiger partial charge in [0, 0.05) is 18.0 Å². The van der Waals surface area contributed by atoms with Crippen molar-refractivity contribution < 1.29 is 14.7 Å². The van der Waals surface area contributed by atoms with Crippen LogP contribution in [0.4, 0.5) is 0 Å². The van der Waals surface area contributed by atoms with Gasteiger partial charge in [-0.05, 0) is 34.1 Å². The summed E-state index contributed by atoms with van der Waals surface area (Å²) in [6.45, 7) is 8.76. The molecule has 0 radical (unpaired) electrons. The maximum absolute atomic E-state index is 11.9. The standard InChI is InChI=1S/C12H24N2O3/c1-6-8(7-13)9(15)14-12(4,5)11(2,3)10(16)17/h8H,6-7,13H2,1-5H3,(H,14,15)(H,16,17). The zero-order chi connectivity index (χ0) is 13.9. The average molecular weight is 244 g/mol. The fourth-order valence-electron chi connectivity index (χ4n) is 1.29. The predicted molar refractivity (Wildman–Crippen MR) is 66.5 cm³/mol. The Balaban J connectivity index is 4.87. The highest BCUT2D eigenvalue weighted by molar-refractivity contribution is 5.82. The third-order valence-corrected chi connectivity index (χ3v) is 3.68. The van der Waals surface area contributed by atoms with E-state index in [1.54, 1.807) is 27.7 Å². The van der Waals surface area contributed by atoms with Crippen LogP contribution in [-0.2, 0) is 9.59 Å². The second-order valence-electron chi connectivity index (χ2n) is 5.39. The lowest BCUT2D eigenvalue weighted by Crippen LogP contribution is -2.58. The Morgan fingerprint density at radius 3 is 2.06 bits per heavy atom. The molecule has 5 heteroatoms. The lowest BCUT2D eigenvalue weighted by Gasteiger charge is -2.39. The summed E-state index contributed by atoms with van der Waals surface area (Å²) in [6, 6.07) is 0. The van der Waals surface area contributed by atoms with Gasteiger partial charge in [-0.2, -0.15) is 0 Å². The molecule has 0 spiro atoms. The van der Waals surface area contributed by atoms with Crippen LogP contribution >= 0.6 is 0 Å². The second kappa shape index (κ2) is 5.49. The van der Waals surface area contributed by atoms with Crippen molar-refractivity contribution in [1.29, 1.82) is 0 Å². The van der Waals surface area contributed by atoms with E-state index in [-0.39, 0.29) is 18.4 Å². The van der Waals surface area contributed by atoms with Gasteiger partial charge in [0.2, 0.25) is 5.91 Å². The summed E-state index contributed by atoms with van der Waals surface area (Å²) in [4.78, 5) is 23.1. The van der Waals surface area contributed by atoms with Gasteiger partial charge in [-0.15, -0.1) is 0 Å². The van der Waals surface area contributed by atoms with Gasteiger partial charge >= 0.3 is 5.97 Å². The lowest BCUT2D eigenvalue weighted by atomic mass is 9.74. The third kappa shape index (κ3) is 3.43. The number of carboxylic acid groups (broad SMARTS) is 1. The van der Waals surface area contributed by atoms with E-state index in [4.69, 9.17) is 10.8 Å². The molecule has 0 aliphatic carbocycles. The summed E-state index contributed by atoms with van der Waals surface area (Å²) in [6.07, 6.45) is 0.645. The summed E-state index contributed by atoms with van der Waals surface area (Å²) in [5, 5.41) is 11.9. The van der Waals surface area contributed by atoms with Crippen molar-refractivity contribution in [2.24, 2.45) is 17.1 Å². The summed E-state index contributed by atoms with van der Waals surface area (Å²) >= 11 is 0. The SMILES string of the molecule is CCC(CN)C(=O)NC(C)(C)C(C)(C)C(=O)O. The average Bonchev–Trinajstić information content (AvgIpc) is 2.18. The number of hydrogen-bond donors (Lipinski definition) is 3. The van der Waals surface area contributed by atoms with Crippen molar-refractivity contribution in [2.75, 3.05) is 6.54 Å². The molecule has 0 fully saturated rings. The van der Waals surface area contributed by atoms with Crippen LogP contribution < -0.4 is 11.1 Å². The first kappa shape index (κ1) is 15.9. The Morgan fingerprint density at radius 1 is 1.29 bits per heavy atom. The first-order chi connectivity index (χ1) is 7.60. The topological polar surface area (TPSA) is 92.4 Å². The van der Waals surface area contributed by atoms with Gasteiger partial charge in [-0.25, -0.2) is 0 Å². The van der Waals surface area contributed by atoms with Crippen LogP contribution in [0.5, 0.6) is 0 Å². The van der Waals surface area contributed by atoms with Gasteiger partial charge in [0.05, 0.1) is 5.41 Å². The molecule has 5 nitrogen and oxygen atoms in total. The van der Waals surface area contributed by atoms with Crippen molar-refractivity contribution in [3.05, 3.63) is 0 Å². The molecule has 0 aliphatic heterocycles. The van der Waals surface area contributed by atoms with E-state index in [1.165, 1.54) is 0 Å². The number of carbonyl (C=O) groups is 2. The first-order valence-electron chi connectivity index (χ1n) is 5.85. The number of carboxylic acids is 1. The quantitative estimate of drug-likeness (QED) is 0.649. The third-order valence-electron chi connectivity index (χ3n) is 3.68. The minimum Gasteiger partial charge on any atom is -0.481 e. The minimum absolute atomic E-state index is 0.186. The highest BCUT2D eigenvalue weighted by atomic mass is 16.4. The van der Waals surface area contributed by atoms with Gasteiger partial charge in [0.15, 0.2) is 0 Å². The molecule has 0 bridgehead atoms. The molecule has 1 unspecified atom stereocenters. The van der Waals surface area contributed by atoms with Crippen LogP contribution in [0, 0.1) is 11.3 Å². The molecular weight excluding hydrogens is 220 g/mol. The molecule has 1 atom stereocenters. The van der Waals surface area contributed by atoms with E-state index >= 15 is 0 Å².